The first kappa shape index (κ1) is 16.9. The van der Waals surface area contributed by atoms with Crippen LogP contribution in [0.4, 0.5) is 5.69 Å². The lowest BCUT2D eigenvalue weighted by Gasteiger charge is -2.34. The molecular formula is C20H21ClN4O. The fourth-order valence-electron chi connectivity index (χ4n) is 3.68. The summed E-state index contributed by atoms with van der Waals surface area (Å²) in [5.74, 6) is -0.173. The second-order valence-corrected chi connectivity index (χ2v) is 7.80. The van der Waals surface area contributed by atoms with Crippen LogP contribution in [-0.4, -0.2) is 21.1 Å². The van der Waals surface area contributed by atoms with Crippen molar-refractivity contribution in [2.24, 2.45) is 0 Å². The van der Waals surface area contributed by atoms with Crippen LogP contribution in [0, 0.1) is 6.92 Å². The van der Waals surface area contributed by atoms with E-state index < -0.39 is 0 Å². The van der Waals surface area contributed by atoms with E-state index in [1.807, 2.05) is 10.7 Å². The lowest BCUT2D eigenvalue weighted by atomic mass is 9.81. The predicted molar refractivity (Wildman–Crippen MR) is 104 cm³/mol. The van der Waals surface area contributed by atoms with Gasteiger partial charge < -0.3 is 11.1 Å². The van der Waals surface area contributed by atoms with E-state index in [1.54, 1.807) is 18.2 Å². The van der Waals surface area contributed by atoms with Gasteiger partial charge in [0.15, 0.2) is 0 Å². The van der Waals surface area contributed by atoms with Crippen molar-refractivity contribution in [3.05, 3.63) is 63.9 Å². The molecular weight excluding hydrogens is 348 g/mol. The Kier molecular flexibility index (Phi) is 3.92. The fraction of sp³-hybridized carbons (Fsp3) is 0.300. The minimum atomic E-state index is -0.344. The molecule has 0 radical (unpaired) electrons. The maximum Gasteiger partial charge on any atom is 0.253 e. The second-order valence-electron chi connectivity index (χ2n) is 7.39. The number of hydrogen-bond donors (Lipinski definition) is 2. The molecule has 0 aliphatic heterocycles. The number of hydrogen-bond acceptors (Lipinski definition) is 3. The number of benzene rings is 1. The summed E-state index contributed by atoms with van der Waals surface area (Å²) in [5.41, 5.74) is 11.0. The highest BCUT2D eigenvalue weighted by atomic mass is 35.5. The number of anilines is 1. The number of nitrogens with two attached hydrogens (primary N) is 1. The molecule has 3 N–H and O–H groups in total. The summed E-state index contributed by atoms with van der Waals surface area (Å²) in [6, 6.07) is 9.16. The van der Waals surface area contributed by atoms with Gasteiger partial charge in [-0.15, -0.1) is 0 Å². The number of aromatic nitrogens is 2. The maximum atomic E-state index is 12.8. The van der Waals surface area contributed by atoms with Gasteiger partial charge in [-0.3, -0.25) is 4.79 Å². The van der Waals surface area contributed by atoms with Gasteiger partial charge in [-0.25, -0.2) is 4.52 Å². The molecule has 3 aromatic rings. The Morgan fingerprint density at radius 2 is 2.15 bits per heavy atom. The highest BCUT2D eigenvalue weighted by Gasteiger charge is 2.34. The van der Waals surface area contributed by atoms with Crippen molar-refractivity contribution in [3.63, 3.8) is 0 Å². The first-order chi connectivity index (χ1) is 12.3. The van der Waals surface area contributed by atoms with E-state index in [-0.39, 0.29) is 11.4 Å². The van der Waals surface area contributed by atoms with Crippen LogP contribution in [0.5, 0.6) is 0 Å². The Hall–Kier alpha value is -2.53. The van der Waals surface area contributed by atoms with Gasteiger partial charge in [0.05, 0.1) is 21.8 Å². The summed E-state index contributed by atoms with van der Waals surface area (Å²) < 4.78 is 1.95. The monoisotopic (exact) mass is 368 g/mol. The number of nitrogens with one attached hydrogen (secondary N) is 1. The summed E-state index contributed by atoms with van der Waals surface area (Å²) in [6.45, 7) is 4.14. The number of rotatable bonds is 2. The smallest absolute Gasteiger partial charge is 0.253 e. The molecule has 5 nitrogen and oxygen atoms in total. The Morgan fingerprint density at radius 3 is 2.92 bits per heavy atom. The first-order valence-electron chi connectivity index (χ1n) is 8.69. The third kappa shape index (κ3) is 2.92. The summed E-state index contributed by atoms with van der Waals surface area (Å²) in [7, 11) is 0. The van der Waals surface area contributed by atoms with E-state index in [1.165, 1.54) is 11.1 Å². The maximum absolute atomic E-state index is 12.8. The van der Waals surface area contributed by atoms with Crippen LogP contribution >= 0.6 is 11.6 Å². The molecule has 134 valence electrons. The van der Waals surface area contributed by atoms with E-state index >= 15 is 0 Å². The Bertz CT molecular complexity index is 1030. The van der Waals surface area contributed by atoms with Gasteiger partial charge in [0, 0.05) is 23.0 Å². The van der Waals surface area contributed by atoms with Crippen molar-refractivity contribution in [2.75, 3.05) is 5.73 Å². The lowest BCUT2D eigenvalue weighted by Crippen LogP contribution is -2.49. The average Bonchev–Trinajstić information content (AvgIpc) is 2.90. The molecule has 2 aromatic heterocycles. The molecule has 2 heterocycles. The highest BCUT2D eigenvalue weighted by molar-refractivity contribution is 6.34. The van der Waals surface area contributed by atoms with Crippen molar-refractivity contribution >= 4 is 28.7 Å². The molecule has 0 saturated carbocycles. The Labute approximate surface area is 157 Å². The van der Waals surface area contributed by atoms with E-state index in [4.69, 9.17) is 22.4 Å². The van der Waals surface area contributed by atoms with Gasteiger partial charge in [-0.2, -0.15) is 5.10 Å². The summed E-state index contributed by atoms with van der Waals surface area (Å²) in [4.78, 5) is 12.8. The van der Waals surface area contributed by atoms with Crippen LogP contribution in [0.3, 0.4) is 0 Å². The molecule has 1 aliphatic rings. The van der Waals surface area contributed by atoms with Crippen molar-refractivity contribution in [2.45, 2.75) is 38.6 Å². The number of pyridine rings is 1. The molecule has 0 spiro atoms. The summed E-state index contributed by atoms with van der Waals surface area (Å²) in [5, 5.41) is 8.26. The number of carbonyl (C=O) groups excluding carboxylic acids is 1. The first-order valence-corrected chi connectivity index (χ1v) is 9.07. The van der Waals surface area contributed by atoms with Gasteiger partial charge in [0.1, 0.15) is 0 Å². The zero-order valence-corrected chi connectivity index (χ0v) is 15.6. The standard InChI is InChI=1S/C20H21ClN4O/c1-12-3-6-18-15-10-20(2,8-7-17(15)24-25(18)11-12)23-19(26)14-5-4-13(22)9-16(14)21/h3-6,9,11H,7-8,10,22H2,1-2H3,(H,23,26). The Balaban J connectivity index is 1.62. The minimum Gasteiger partial charge on any atom is -0.399 e. The molecule has 1 amide bonds. The number of fused-ring (bicyclic) bond motifs is 3. The molecule has 1 aromatic carbocycles. The summed E-state index contributed by atoms with van der Waals surface area (Å²) >= 11 is 6.19. The number of aryl methyl sites for hydroxylation is 2. The van der Waals surface area contributed by atoms with Crippen molar-refractivity contribution in [1.82, 2.24) is 14.9 Å². The van der Waals surface area contributed by atoms with Gasteiger partial charge in [0.2, 0.25) is 0 Å². The molecule has 1 atom stereocenters. The number of amides is 1. The zero-order valence-electron chi connectivity index (χ0n) is 14.8. The third-order valence-corrected chi connectivity index (χ3v) is 5.41. The molecule has 4 rings (SSSR count). The molecule has 0 fully saturated rings. The zero-order chi connectivity index (χ0) is 18.5. The van der Waals surface area contributed by atoms with E-state index in [0.29, 0.717) is 16.3 Å². The molecule has 26 heavy (non-hydrogen) atoms. The van der Waals surface area contributed by atoms with Crippen molar-refractivity contribution in [1.29, 1.82) is 0 Å². The fourth-order valence-corrected chi connectivity index (χ4v) is 3.96. The minimum absolute atomic E-state index is 0.173. The normalized spacial score (nSPS) is 19.3. The molecule has 0 saturated heterocycles. The number of nitrogen functional groups attached to an aromatic ring is 1. The lowest BCUT2D eigenvalue weighted by molar-refractivity contribution is 0.0898. The molecule has 0 bridgehead atoms. The van der Waals surface area contributed by atoms with Crippen LogP contribution in [0.2, 0.25) is 5.02 Å². The van der Waals surface area contributed by atoms with E-state index in [0.717, 1.165) is 30.5 Å². The van der Waals surface area contributed by atoms with Crippen LogP contribution in [0.1, 0.15) is 40.5 Å². The van der Waals surface area contributed by atoms with Crippen molar-refractivity contribution in [3.8, 4) is 0 Å². The number of halogens is 1. The Morgan fingerprint density at radius 1 is 1.35 bits per heavy atom. The molecule has 1 unspecified atom stereocenters. The SMILES string of the molecule is Cc1ccc2c3c(nn2c1)CCC(C)(NC(=O)c1ccc(N)cc1Cl)C3. The third-order valence-electron chi connectivity index (χ3n) is 5.10. The van der Waals surface area contributed by atoms with Crippen LogP contribution < -0.4 is 11.1 Å². The second kappa shape index (κ2) is 6.02. The number of carbonyl (C=O) groups is 1. The average molecular weight is 369 g/mol. The highest BCUT2D eigenvalue weighted by Crippen LogP contribution is 2.32. The number of nitrogens with zero attached hydrogens (tertiary/aromatic N) is 2. The quantitative estimate of drug-likeness (QED) is 0.679. The summed E-state index contributed by atoms with van der Waals surface area (Å²) in [6.07, 6.45) is 4.45. The van der Waals surface area contributed by atoms with Gasteiger partial charge in [-0.1, -0.05) is 17.7 Å². The van der Waals surface area contributed by atoms with Gasteiger partial charge in [0.25, 0.3) is 5.91 Å². The van der Waals surface area contributed by atoms with Crippen LogP contribution in [0.15, 0.2) is 36.5 Å². The van der Waals surface area contributed by atoms with Crippen LogP contribution in [0.25, 0.3) is 5.52 Å². The van der Waals surface area contributed by atoms with Crippen LogP contribution in [-0.2, 0) is 12.8 Å². The molecule has 1 aliphatic carbocycles. The molecule has 6 heteroatoms. The largest absolute Gasteiger partial charge is 0.399 e. The van der Waals surface area contributed by atoms with E-state index in [2.05, 4.69) is 31.3 Å². The van der Waals surface area contributed by atoms with E-state index in [9.17, 15) is 4.79 Å². The van der Waals surface area contributed by atoms with Crippen molar-refractivity contribution < 1.29 is 4.79 Å². The predicted octanol–water partition coefficient (Wildman–Crippen LogP) is 3.56. The van der Waals surface area contributed by atoms with Gasteiger partial charge in [-0.05, 0) is 62.9 Å². The topological polar surface area (TPSA) is 72.4 Å². The van der Waals surface area contributed by atoms with Gasteiger partial charge >= 0.3 is 0 Å².